The van der Waals surface area contributed by atoms with E-state index in [1.54, 1.807) is 7.11 Å². The lowest BCUT2D eigenvalue weighted by atomic mass is 9.85. The molecule has 0 saturated heterocycles. The third-order valence-electron chi connectivity index (χ3n) is 4.16. The Morgan fingerprint density at radius 1 is 1.29 bits per heavy atom. The van der Waals surface area contributed by atoms with Crippen LogP contribution in [0, 0.1) is 12.8 Å². The fourth-order valence-electron chi connectivity index (χ4n) is 3.01. The first-order valence-electron chi connectivity index (χ1n) is 7.98. The molecule has 0 spiro atoms. The van der Waals surface area contributed by atoms with E-state index in [9.17, 15) is 0 Å². The van der Waals surface area contributed by atoms with Crippen LogP contribution in [0.25, 0.3) is 0 Å². The Labute approximate surface area is 136 Å². The largest absolute Gasteiger partial charge is 0.373 e. The molecule has 21 heavy (non-hydrogen) atoms. The van der Waals surface area contributed by atoms with Gasteiger partial charge in [-0.15, -0.1) is 0 Å². The highest BCUT2D eigenvalue weighted by molar-refractivity contribution is 9.10. The van der Waals surface area contributed by atoms with Crippen LogP contribution in [0.15, 0.2) is 4.47 Å². The number of anilines is 1. The number of rotatable bonds is 6. The molecule has 1 aliphatic rings. The van der Waals surface area contributed by atoms with E-state index in [1.807, 2.05) is 6.92 Å². The zero-order valence-electron chi connectivity index (χ0n) is 13.3. The summed E-state index contributed by atoms with van der Waals surface area (Å²) in [6.07, 6.45) is 7.45. The first kappa shape index (κ1) is 16.7. The van der Waals surface area contributed by atoms with Gasteiger partial charge in [-0.05, 0) is 48.0 Å². The summed E-state index contributed by atoms with van der Waals surface area (Å²) in [6.45, 7) is 5.07. The number of aromatic nitrogens is 2. The number of nitrogens with one attached hydrogen (secondary N) is 1. The molecule has 0 aliphatic heterocycles. The summed E-state index contributed by atoms with van der Waals surface area (Å²) < 4.78 is 6.72. The molecule has 1 aliphatic carbocycles. The third-order valence-corrected chi connectivity index (χ3v) is 5.11. The molecule has 1 atom stereocenters. The van der Waals surface area contributed by atoms with Crippen molar-refractivity contribution in [3.63, 3.8) is 0 Å². The Kier molecular flexibility index (Phi) is 6.42. The van der Waals surface area contributed by atoms with Crippen LogP contribution in [-0.4, -0.2) is 23.6 Å². The zero-order valence-corrected chi connectivity index (χ0v) is 14.9. The molecule has 0 radical (unpaired) electrons. The van der Waals surface area contributed by atoms with Crippen LogP contribution in [0.3, 0.4) is 0 Å². The predicted molar refractivity (Wildman–Crippen MR) is 89.6 cm³/mol. The number of ether oxygens (including phenoxy) is 1. The van der Waals surface area contributed by atoms with Crippen LogP contribution in [0.5, 0.6) is 0 Å². The van der Waals surface area contributed by atoms with Gasteiger partial charge >= 0.3 is 0 Å². The minimum atomic E-state index is 0.0132. The molecule has 0 aromatic carbocycles. The smallest absolute Gasteiger partial charge is 0.160 e. The lowest BCUT2D eigenvalue weighted by Crippen LogP contribution is -2.21. The molecule has 0 bridgehead atoms. The summed E-state index contributed by atoms with van der Waals surface area (Å²) in [5, 5.41) is 3.37. The van der Waals surface area contributed by atoms with Gasteiger partial charge in [-0.25, -0.2) is 9.97 Å². The molecule has 1 saturated carbocycles. The first-order valence-corrected chi connectivity index (χ1v) is 8.77. The molecule has 1 unspecified atom stereocenters. The van der Waals surface area contributed by atoms with Crippen LogP contribution in [0.2, 0.25) is 0 Å². The van der Waals surface area contributed by atoms with Crippen molar-refractivity contribution in [1.29, 1.82) is 0 Å². The summed E-state index contributed by atoms with van der Waals surface area (Å²) >= 11 is 3.58. The van der Waals surface area contributed by atoms with Crippen LogP contribution >= 0.6 is 15.9 Å². The van der Waals surface area contributed by atoms with Gasteiger partial charge in [0, 0.05) is 13.7 Å². The number of halogens is 1. The second-order valence-electron chi connectivity index (χ2n) is 5.81. The Morgan fingerprint density at radius 3 is 2.62 bits per heavy atom. The van der Waals surface area contributed by atoms with Gasteiger partial charge in [-0.1, -0.05) is 26.2 Å². The molecular weight excluding hydrogens is 330 g/mol. The van der Waals surface area contributed by atoms with Gasteiger partial charge in [-0.3, -0.25) is 0 Å². The minimum Gasteiger partial charge on any atom is -0.373 e. The highest BCUT2D eigenvalue weighted by Gasteiger charge is 2.28. The summed E-state index contributed by atoms with van der Waals surface area (Å²) in [5.41, 5.74) is 0.969. The van der Waals surface area contributed by atoms with Crippen molar-refractivity contribution in [2.75, 3.05) is 19.0 Å². The van der Waals surface area contributed by atoms with Gasteiger partial charge in [0.05, 0.1) is 10.2 Å². The molecular formula is C16H26BrN3O. The second-order valence-corrected chi connectivity index (χ2v) is 6.60. The second kappa shape index (κ2) is 8.08. The normalized spacial score (nSPS) is 17.7. The Hall–Kier alpha value is -0.680. The quantitative estimate of drug-likeness (QED) is 0.807. The maximum absolute atomic E-state index is 5.76. The van der Waals surface area contributed by atoms with Crippen molar-refractivity contribution < 1.29 is 4.74 Å². The maximum Gasteiger partial charge on any atom is 0.160 e. The number of hydrogen-bond donors (Lipinski definition) is 1. The van der Waals surface area contributed by atoms with Crippen LogP contribution < -0.4 is 5.32 Å². The number of nitrogens with zero attached hydrogens (tertiary/aromatic N) is 2. The van der Waals surface area contributed by atoms with Crippen molar-refractivity contribution in [2.45, 2.75) is 58.5 Å². The monoisotopic (exact) mass is 355 g/mol. The molecule has 1 aromatic rings. The molecule has 0 amide bonds. The van der Waals surface area contributed by atoms with Gasteiger partial charge in [0.25, 0.3) is 0 Å². The average Bonchev–Trinajstić information content (AvgIpc) is 2.51. The Morgan fingerprint density at radius 2 is 2.00 bits per heavy atom. The van der Waals surface area contributed by atoms with Gasteiger partial charge in [0.1, 0.15) is 11.9 Å². The predicted octanol–water partition coefficient (Wildman–Crippen LogP) is 4.64. The van der Waals surface area contributed by atoms with Crippen molar-refractivity contribution in [3.05, 3.63) is 16.0 Å². The van der Waals surface area contributed by atoms with Crippen LogP contribution in [0.4, 0.5) is 5.82 Å². The van der Waals surface area contributed by atoms with E-state index in [-0.39, 0.29) is 6.10 Å². The zero-order chi connectivity index (χ0) is 15.2. The molecule has 1 N–H and O–H groups in total. The van der Waals surface area contributed by atoms with Crippen molar-refractivity contribution >= 4 is 21.7 Å². The molecule has 1 fully saturated rings. The average molecular weight is 356 g/mol. The maximum atomic E-state index is 5.76. The van der Waals surface area contributed by atoms with E-state index < -0.39 is 0 Å². The molecule has 118 valence electrons. The van der Waals surface area contributed by atoms with E-state index in [2.05, 4.69) is 33.2 Å². The molecule has 1 aromatic heterocycles. The summed E-state index contributed by atoms with van der Waals surface area (Å²) in [5.74, 6) is 2.25. The molecule has 1 heterocycles. The summed E-state index contributed by atoms with van der Waals surface area (Å²) in [7, 11) is 1.78. The minimum absolute atomic E-state index is 0.0132. The number of aryl methyl sites for hydroxylation is 1. The first-order chi connectivity index (χ1) is 10.2. The third kappa shape index (κ3) is 4.16. The molecule has 2 rings (SSSR count). The SMILES string of the molecule is CCCNc1nc(C(OC)C2CCCCC2)nc(C)c1Br. The van der Waals surface area contributed by atoms with Crippen molar-refractivity contribution in [2.24, 2.45) is 5.92 Å². The Bertz CT molecular complexity index is 461. The van der Waals surface area contributed by atoms with Gasteiger partial charge in [0.2, 0.25) is 0 Å². The van der Waals surface area contributed by atoms with Gasteiger partial charge < -0.3 is 10.1 Å². The van der Waals surface area contributed by atoms with Crippen LogP contribution in [-0.2, 0) is 4.74 Å². The summed E-state index contributed by atoms with van der Waals surface area (Å²) in [6, 6.07) is 0. The molecule has 4 nitrogen and oxygen atoms in total. The topological polar surface area (TPSA) is 47.0 Å². The van der Waals surface area contributed by atoms with Crippen LogP contribution in [0.1, 0.15) is 63.1 Å². The lowest BCUT2D eigenvalue weighted by molar-refractivity contribution is 0.0289. The number of methoxy groups -OCH3 is 1. The van der Waals surface area contributed by atoms with E-state index in [0.717, 1.165) is 34.8 Å². The van der Waals surface area contributed by atoms with E-state index >= 15 is 0 Å². The lowest BCUT2D eigenvalue weighted by Gasteiger charge is -2.28. The van der Waals surface area contributed by atoms with E-state index in [1.165, 1.54) is 32.1 Å². The van der Waals surface area contributed by atoms with Gasteiger partial charge in [-0.2, -0.15) is 0 Å². The fourth-order valence-corrected chi connectivity index (χ4v) is 3.33. The van der Waals surface area contributed by atoms with E-state index in [4.69, 9.17) is 9.72 Å². The van der Waals surface area contributed by atoms with Gasteiger partial charge in [0.15, 0.2) is 5.82 Å². The highest BCUT2D eigenvalue weighted by Crippen LogP contribution is 2.36. The standard InChI is InChI=1S/C16H26BrN3O/c1-4-10-18-15-13(17)11(2)19-16(20-15)14(21-3)12-8-6-5-7-9-12/h12,14H,4-10H2,1-3H3,(H,18,19,20). The molecule has 5 heteroatoms. The highest BCUT2D eigenvalue weighted by atomic mass is 79.9. The summed E-state index contributed by atoms with van der Waals surface area (Å²) in [4.78, 5) is 9.39. The number of hydrogen-bond acceptors (Lipinski definition) is 4. The van der Waals surface area contributed by atoms with E-state index in [0.29, 0.717) is 5.92 Å². The van der Waals surface area contributed by atoms with Crippen molar-refractivity contribution in [3.8, 4) is 0 Å². The fraction of sp³-hybridized carbons (Fsp3) is 0.750. The Balaban J connectivity index is 2.25. The van der Waals surface area contributed by atoms with Crippen molar-refractivity contribution in [1.82, 2.24) is 9.97 Å².